The van der Waals surface area contributed by atoms with Gasteiger partial charge >= 0.3 is 6.03 Å². The summed E-state index contributed by atoms with van der Waals surface area (Å²) in [5.74, 6) is 0.281. The van der Waals surface area contributed by atoms with Gasteiger partial charge in [-0.05, 0) is 50.2 Å². The minimum atomic E-state index is -0.576. The molecule has 1 heterocycles. The Morgan fingerprint density at radius 2 is 1.79 bits per heavy atom. The topological polar surface area (TPSA) is 88.9 Å². The number of nitrogens with one attached hydrogen (secondary N) is 2. The maximum absolute atomic E-state index is 12.4. The first-order chi connectivity index (χ1) is 14.0. The second-order valence-corrected chi connectivity index (χ2v) is 7.87. The Morgan fingerprint density at radius 1 is 1.10 bits per heavy atom. The summed E-state index contributed by atoms with van der Waals surface area (Å²) in [6.45, 7) is 4.33. The number of anilines is 1. The number of thioether (sulfide) groups is 1. The van der Waals surface area contributed by atoms with Gasteiger partial charge in [0.15, 0.2) is 11.0 Å². The summed E-state index contributed by atoms with van der Waals surface area (Å²) in [5.41, 5.74) is 1.49. The molecule has 1 unspecified atom stereocenters. The van der Waals surface area contributed by atoms with Gasteiger partial charge in [-0.1, -0.05) is 41.6 Å². The van der Waals surface area contributed by atoms with Crippen molar-refractivity contribution in [3.05, 3.63) is 59.6 Å². The third-order valence-electron chi connectivity index (χ3n) is 4.06. The van der Waals surface area contributed by atoms with E-state index in [2.05, 4.69) is 20.8 Å². The van der Waals surface area contributed by atoms with Gasteiger partial charge in [-0.25, -0.2) is 4.79 Å². The first kappa shape index (κ1) is 20.9. The van der Waals surface area contributed by atoms with E-state index in [0.29, 0.717) is 28.2 Å². The van der Waals surface area contributed by atoms with Crippen LogP contribution in [0.3, 0.4) is 0 Å². The van der Waals surface area contributed by atoms with Crippen molar-refractivity contribution in [2.24, 2.45) is 0 Å². The second-order valence-electron chi connectivity index (χ2n) is 6.13. The number of para-hydroxylation sites is 1. The fraction of sp³-hybridized carbons (Fsp3) is 0.200. The molecule has 0 fully saturated rings. The predicted octanol–water partition coefficient (Wildman–Crippen LogP) is 4.45. The van der Waals surface area contributed by atoms with E-state index >= 15 is 0 Å². The van der Waals surface area contributed by atoms with Gasteiger partial charge in [0.1, 0.15) is 0 Å². The van der Waals surface area contributed by atoms with E-state index in [-0.39, 0.29) is 0 Å². The first-order valence-corrected chi connectivity index (χ1v) is 10.3. The zero-order chi connectivity index (χ0) is 20.8. The minimum Gasteiger partial charge on any atom is -0.308 e. The van der Waals surface area contributed by atoms with E-state index in [4.69, 9.17) is 11.6 Å². The van der Waals surface area contributed by atoms with E-state index in [1.807, 2.05) is 29.7 Å². The van der Waals surface area contributed by atoms with E-state index in [1.165, 1.54) is 11.8 Å². The summed E-state index contributed by atoms with van der Waals surface area (Å²) in [5, 5.41) is 14.1. The highest BCUT2D eigenvalue weighted by atomic mass is 35.5. The SMILES string of the molecule is CCn1c(SC(C)C(=O)NC(=O)Nc2ccccc2)nnc1-c1ccc(Cl)cc1. The molecule has 7 nitrogen and oxygen atoms in total. The van der Waals surface area contributed by atoms with Crippen LogP contribution in [0.5, 0.6) is 0 Å². The molecule has 0 radical (unpaired) electrons. The lowest BCUT2D eigenvalue weighted by molar-refractivity contribution is -0.119. The summed E-state index contributed by atoms with van der Waals surface area (Å²) in [6, 6.07) is 15.7. The number of nitrogens with zero attached hydrogens (tertiary/aromatic N) is 3. The lowest BCUT2D eigenvalue weighted by Crippen LogP contribution is -2.38. The van der Waals surface area contributed by atoms with Gasteiger partial charge in [0.05, 0.1) is 5.25 Å². The molecule has 0 aliphatic heterocycles. The maximum Gasteiger partial charge on any atom is 0.325 e. The van der Waals surface area contributed by atoms with Gasteiger partial charge in [-0.3, -0.25) is 10.1 Å². The molecule has 0 aliphatic rings. The molecular formula is C20H20ClN5O2S. The highest BCUT2D eigenvalue weighted by Crippen LogP contribution is 2.27. The Kier molecular flexibility index (Phi) is 6.90. The van der Waals surface area contributed by atoms with Crippen molar-refractivity contribution in [2.75, 3.05) is 5.32 Å². The van der Waals surface area contributed by atoms with Crippen molar-refractivity contribution in [1.29, 1.82) is 0 Å². The summed E-state index contributed by atoms with van der Waals surface area (Å²) in [7, 11) is 0. The molecule has 0 saturated carbocycles. The Morgan fingerprint density at radius 3 is 2.45 bits per heavy atom. The van der Waals surface area contributed by atoms with E-state index in [1.54, 1.807) is 43.3 Å². The number of carbonyl (C=O) groups is 2. The van der Waals surface area contributed by atoms with Crippen LogP contribution >= 0.6 is 23.4 Å². The molecule has 0 aliphatic carbocycles. The first-order valence-electron chi connectivity index (χ1n) is 9.00. The normalized spacial score (nSPS) is 11.7. The summed E-state index contributed by atoms with van der Waals surface area (Å²) >= 11 is 7.19. The number of rotatable bonds is 6. The van der Waals surface area contributed by atoms with Crippen molar-refractivity contribution in [1.82, 2.24) is 20.1 Å². The lowest BCUT2D eigenvalue weighted by atomic mass is 10.2. The molecule has 3 amide bonds. The number of halogens is 1. The quantitative estimate of drug-likeness (QED) is 0.565. The van der Waals surface area contributed by atoms with Crippen LogP contribution in [0, 0.1) is 0 Å². The maximum atomic E-state index is 12.4. The average molecular weight is 430 g/mol. The van der Waals surface area contributed by atoms with Crippen molar-refractivity contribution in [3.63, 3.8) is 0 Å². The predicted molar refractivity (Wildman–Crippen MR) is 115 cm³/mol. The average Bonchev–Trinajstić information content (AvgIpc) is 3.11. The minimum absolute atomic E-state index is 0.415. The largest absolute Gasteiger partial charge is 0.325 e. The summed E-state index contributed by atoms with van der Waals surface area (Å²) in [6.07, 6.45) is 0. The van der Waals surface area contributed by atoms with Crippen LogP contribution in [-0.2, 0) is 11.3 Å². The smallest absolute Gasteiger partial charge is 0.308 e. The highest BCUT2D eigenvalue weighted by molar-refractivity contribution is 8.00. The molecule has 0 bridgehead atoms. The molecule has 3 aromatic rings. The third kappa shape index (κ3) is 5.36. The fourth-order valence-corrected chi connectivity index (χ4v) is 3.62. The summed E-state index contributed by atoms with van der Waals surface area (Å²) in [4.78, 5) is 24.4. The van der Waals surface area contributed by atoms with Crippen molar-refractivity contribution < 1.29 is 9.59 Å². The number of hydrogen-bond donors (Lipinski definition) is 2. The van der Waals surface area contributed by atoms with Crippen LogP contribution in [0.15, 0.2) is 59.8 Å². The standard InChI is InChI=1S/C20H20ClN5O2S/c1-3-26-17(14-9-11-15(21)12-10-14)24-25-20(26)29-13(2)18(27)23-19(28)22-16-7-5-4-6-8-16/h4-13H,3H2,1-2H3,(H2,22,23,27,28). The van der Waals surface area contributed by atoms with Crippen molar-refractivity contribution >= 4 is 41.0 Å². The van der Waals surface area contributed by atoms with Gasteiger partial charge in [-0.2, -0.15) is 0 Å². The van der Waals surface area contributed by atoms with E-state index < -0.39 is 17.2 Å². The number of aromatic nitrogens is 3. The van der Waals surface area contributed by atoms with Crippen LogP contribution < -0.4 is 10.6 Å². The van der Waals surface area contributed by atoms with Crippen LogP contribution in [0.4, 0.5) is 10.5 Å². The molecule has 29 heavy (non-hydrogen) atoms. The molecule has 3 rings (SSSR count). The van der Waals surface area contributed by atoms with Crippen molar-refractivity contribution in [3.8, 4) is 11.4 Å². The van der Waals surface area contributed by atoms with Gasteiger partial charge in [-0.15, -0.1) is 10.2 Å². The second kappa shape index (κ2) is 9.58. The number of hydrogen-bond acceptors (Lipinski definition) is 5. The molecule has 150 valence electrons. The van der Waals surface area contributed by atoms with Crippen molar-refractivity contribution in [2.45, 2.75) is 30.8 Å². The number of carbonyl (C=O) groups excluding carboxylic acids is 2. The monoisotopic (exact) mass is 429 g/mol. The molecular weight excluding hydrogens is 410 g/mol. The molecule has 0 saturated heterocycles. The van der Waals surface area contributed by atoms with Gasteiger partial charge < -0.3 is 9.88 Å². The Labute approximate surface area is 177 Å². The molecule has 1 aromatic heterocycles. The van der Waals surface area contributed by atoms with Gasteiger partial charge in [0.25, 0.3) is 0 Å². The molecule has 1 atom stereocenters. The van der Waals surface area contributed by atoms with Crippen LogP contribution in [0.2, 0.25) is 5.02 Å². The number of urea groups is 1. The highest BCUT2D eigenvalue weighted by Gasteiger charge is 2.21. The fourth-order valence-electron chi connectivity index (χ4n) is 2.58. The van der Waals surface area contributed by atoms with Gasteiger partial charge in [0.2, 0.25) is 5.91 Å². The Hall–Kier alpha value is -2.84. The number of amides is 3. The van der Waals surface area contributed by atoms with E-state index in [9.17, 15) is 9.59 Å². The van der Waals surface area contributed by atoms with E-state index in [0.717, 1.165) is 5.56 Å². The Bertz CT molecular complexity index is 992. The van der Waals surface area contributed by atoms with Gasteiger partial charge in [0, 0.05) is 22.8 Å². The lowest BCUT2D eigenvalue weighted by Gasteiger charge is -2.12. The number of imide groups is 1. The zero-order valence-electron chi connectivity index (χ0n) is 15.9. The third-order valence-corrected chi connectivity index (χ3v) is 5.39. The van der Waals surface area contributed by atoms with Crippen LogP contribution in [-0.4, -0.2) is 32.0 Å². The zero-order valence-corrected chi connectivity index (χ0v) is 17.5. The molecule has 9 heteroatoms. The van der Waals surface area contributed by atoms with Crippen LogP contribution in [0.25, 0.3) is 11.4 Å². The summed E-state index contributed by atoms with van der Waals surface area (Å²) < 4.78 is 1.92. The molecule has 2 aromatic carbocycles. The molecule has 0 spiro atoms. The number of benzene rings is 2. The van der Waals surface area contributed by atoms with Crippen LogP contribution in [0.1, 0.15) is 13.8 Å². The Balaban J connectivity index is 1.65. The molecule has 2 N–H and O–H groups in total.